The first-order valence-electron chi connectivity index (χ1n) is 6.65. The Kier molecular flexibility index (Phi) is 4.10. The van der Waals surface area contributed by atoms with Gasteiger partial charge in [0.05, 0.1) is 12.0 Å². The Morgan fingerprint density at radius 1 is 1.32 bits per heavy atom. The SMILES string of the molecule is COCc1ccc(C2(C(=O)O)CCCCC2)cc1O. The molecule has 4 nitrogen and oxygen atoms in total. The van der Waals surface area contributed by atoms with Gasteiger partial charge in [0.2, 0.25) is 0 Å². The molecule has 19 heavy (non-hydrogen) atoms. The number of carboxylic acid groups (broad SMARTS) is 1. The highest BCUT2D eigenvalue weighted by atomic mass is 16.5. The molecular weight excluding hydrogens is 244 g/mol. The van der Waals surface area contributed by atoms with Gasteiger partial charge in [0, 0.05) is 12.7 Å². The van der Waals surface area contributed by atoms with E-state index in [4.69, 9.17) is 4.74 Å². The van der Waals surface area contributed by atoms with Gasteiger partial charge in [-0.25, -0.2) is 0 Å². The number of aliphatic carboxylic acids is 1. The Bertz CT molecular complexity index is 461. The van der Waals surface area contributed by atoms with Crippen LogP contribution in [0.1, 0.15) is 43.2 Å². The van der Waals surface area contributed by atoms with Crippen LogP contribution in [0.15, 0.2) is 18.2 Å². The first-order valence-corrected chi connectivity index (χ1v) is 6.65. The van der Waals surface area contributed by atoms with Crippen molar-refractivity contribution in [2.75, 3.05) is 7.11 Å². The van der Waals surface area contributed by atoms with Crippen molar-refractivity contribution in [1.82, 2.24) is 0 Å². The second kappa shape index (κ2) is 5.61. The highest BCUT2D eigenvalue weighted by molar-refractivity contribution is 5.81. The summed E-state index contributed by atoms with van der Waals surface area (Å²) < 4.78 is 4.99. The Hall–Kier alpha value is -1.55. The number of hydrogen-bond donors (Lipinski definition) is 2. The third-order valence-corrected chi connectivity index (χ3v) is 4.05. The summed E-state index contributed by atoms with van der Waals surface area (Å²) in [5.74, 6) is -0.670. The molecule has 0 bridgehead atoms. The molecule has 0 heterocycles. The average molecular weight is 264 g/mol. The number of carbonyl (C=O) groups is 1. The van der Waals surface area contributed by atoms with Gasteiger partial charge in [-0.3, -0.25) is 4.79 Å². The molecule has 1 aliphatic carbocycles. The molecule has 1 aromatic carbocycles. The molecule has 0 radical (unpaired) electrons. The van der Waals surface area contributed by atoms with Crippen LogP contribution in [0.25, 0.3) is 0 Å². The van der Waals surface area contributed by atoms with Crippen LogP contribution in [0, 0.1) is 0 Å². The fraction of sp³-hybridized carbons (Fsp3) is 0.533. The maximum atomic E-state index is 11.7. The summed E-state index contributed by atoms with van der Waals surface area (Å²) in [7, 11) is 1.56. The molecule has 0 atom stereocenters. The standard InChI is InChI=1S/C15H20O4/c1-19-10-11-5-6-12(9-13(11)16)15(14(17)18)7-3-2-4-8-15/h5-6,9,16H,2-4,7-8,10H2,1H3,(H,17,18). The van der Waals surface area contributed by atoms with E-state index in [0.29, 0.717) is 30.6 Å². The van der Waals surface area contributed by atoms with E-state index >= 15 is 0 Å². The summed E-state index contributed by atoms with van der Waals surface area (Å²) in [4.78, 5) is 11.7. The Balaban J connectivity index is 2.37. The zero-order valence-corrected chi connectivity index (χ0v) is 11.2. The Morgan fingerprint density at radius 2 is 2.00 bits per heavy atom. The molecule has 2 rings (SSSR count). The van der Waals surface area contributed by atoms with E-state index in [1.54, 1.807) is 19.2 Å². The van der Waals surface area contributed by atoms with Gasteiger partial charge >= 0.3 is 5.97 Å². The van der Waals surface area contributed by atoms with E-state index in [-0.39, 0.29) is 5.75 Å². The average Bonchev–Trinajstić information content (AvgIpc) is 2.42. The molecule has 0 saturated heterocycles. The van der Waals surface area contributed by atoms with Gasteiger partial charge in [-0.1, -0.05) is 31.4 Å². The van der Waals surface area contributed by atoms with Gasteiger partial charge in [-0.05, 0) is 24.5 Å². The predicted octanol–water partition coefficient (Wildman–Crippen LogP) is 2.83. The molecular formula is C15H20O4. The molecule has 4 heteroatoms. The Labute approximate surface area is 113 Å². The minimum atomic E-state index is -0.832. The van der Waals surface area contributed by atoms with Crippen LogP contribution >= 0.6 is 0 Å². The van der Waals surface area contributed by atoms with E-state index in [2.05, 4.69) is 0 Å². The van der Waals surface area contributed by atoms with E-state index < -0.39 is 11.4 Å². The molecule has 0 aromatic heterocycles. The van der Waals surface area contributed by atoms with Crippen molar-refractivity contribution in [3.63, 3.8) is 0 Å². The second-order valence-electron chi connectivity index (χ2n) is 5.22. The number of methoxy groups -OCH3 is 1. The number of rotatable bonds is 4. The van der Waals surface area contributed by atoms with Gasteiger partial charge in [0.15, 0.2) is 0 Å². The van der Waals surface area contributed by atoms with Gasteiger partial charge in [-0.2, -0.15) is 0 Å². The number of phenols is 1. The highest BCUT2D eigenvalue weighted by Crippen LogP contribution is 2.41. The van der Waals surface area contributed by atoms with Gasteiger partial charge < -0.3 is 14.9 Å². The van der Waals surface area contributed by atoms with Crippen molar-refractivity contribution in [2.24, 2.45) is 0 Å². The molecule has 104 valence electrons. The number of hydrogen-bond acceptors (Lipinski definition) is 3. The minimum absolute atomic E-state index is 0.116. The number of phenolic OH excluding ortho intramolecular Hbond substituents is 1. The van der Waals surface area contributed by atoms with E-state index in [0.717, 1.165) is 19.3 Å². The lowest BCUT2D eigenvalue weighted by Crippen LogP contribution is -2.37. The van der Waals surface area contributed by atoms with Crippen LogP contribution in [0.5, 0.6) is 5.75 Å². The van der Waals surface area contributed by atoms with Crippen molar-refractivity contribution in [3.8, 4) is 5.75 Å². The summed E-state index contributed by atoms with van der Waals surface area (Å²) in [5, 5.41) is 19.6. The third-order valence-electron chi connectivity index (χ3n) is 4.05. The van der Waals surface area contributed by atoms with Crippen molar-refractivity contribution in [3.05, 3.63) is 29.3 Å². The molecule has 1 aliphatic rings. The number of benzene rings is 1. The number of carboxylic acids is 1. The molecule has 1 fully saturated rings. The fourth-order valence-corrected chi connectivity index (χ4v) is 2.92. The van der Waals surface area contributed by atoms with Gasteiger partial charge in [-0.15, -0.1) is 0 Å². The molecule has 1 aromatic rings. The van der Waals surface area contributed by atoms with Crippen molar-refractivity contribution < 1.29 is 19.7 Å². The minimum Gasteiger partial charge on any atom is -0.508 e. The van der Waals surface area contributed by atoms with Crippen LogP contribution in [-0.4, -0.2) is 23.3 Å². The summed E-state index contributed by atoms with van der Waals surface area (Å²) in [6.45, 7) is 0.326. The van der Waals surface area contributed by atoms with Crippen molar-refractivity contribution >= 4 is 5.97 Å². The highest BCUT2D eigenvalue weighted by Gasteiger charge is 2.41. The van der Waals surface area contributed by atoms with Crippen LogP contribution in [0.3, 0.4) is 0 Å². The van der Waals surface area contributed by atoms with Crippen LogP contribution in [0.4, 0.5) is 0 Å². The lowest BCUT2D eigenvalue weighted by Gasteiger charge is -2.33. The first kappa shape index (κ1) is 13.9. The zero-order chi connectivity index (χ0) is 13.9. The molecule has 0 amide bonds. The van der Waals surface area contributed by atoms with E-state index in [1.807, 2.05) is 6.07 Å². The lowest BCUT2D eigenvalue weighted by atomic mass is 9.69. The quantitative estimate of drug-likeness (QED) is 0.877. The topological polar surface area (TPSA) is 66.8 Å². The van der Waals surface area contributed by atoms with Crippen molar-refractivity contribution in [1.29, 1.82) is 0 Å². The van der Waals surface area contributed by atoms with Crippen LogP contribution < -0.4 is 0 Å². The molecule has 0 unspecified atom stereocenters. The molecule has 1 saturated carbocycles. The fourth-order valence-electron chi connectivity index (χ4n) is 2.92. The molecule has 0 spiro atoms. The van der Waals surface area contributed by atoms with E-state index in [1.165, 1.54) is 0 Å². The normalized spacial score (nSPS) is 18.2. The third kappa shape index (κ3) is 2.59. The van der Waals surface area contributed by atoms with E-state index in [9.17, 15) is 15.0 Å². The van der Waals surface area contributed by atoms with Crippen molar-refractivity contribution in [2.45, 2.75) is 44.1 Å². The predicted molar refractivity (Wildman–Crippen MR) is 71.2 cm³/mol. The number of ether oxygens (including phenoxy) is 1. The zero-order valence-electron chi connectivity index (χ0n) is 11.2. The summed E-state index contributed by atoms with van der Waals surface area (Å²) in [6, 6.07) is 5.16. The summed E-state index contributed by atoms with van der Waals surface area (Å²) in [6.07, 6.45) is 4.22. The largest absolute Gasteiger partial charge is 0.508 e. The van der Waals surface area contributed by atoms with Crippen LogP contribution in [0.2, 0.25) is 0 Å². The van der Waals surface area contributed by atoms with Crippen LogP contribution in [-0.2, 0) is 21.6 Å². The lowest BCUT2D eigenvalue weighted by molar-refractivity contribution is -0.145. The molecule has 0 aliphatic heterocycles. The summed E-state index contributed by atoms with van der Waals surface area (Å²) in [5.41, 5.74) is 0.557. The maximum Gasteiger partial charge on any atom is 0.314 e. The number of aromatic hydroxyl groups is 1. The van der Waals surface area contributed by atoms with Gasteiger partial charge in [0.25, 0.3) is 0 Å². The maximum absolute atomic E-state index is 11.7. The molecule has 2 N–H and O–H groups in total. The second-order valence-corrected chi connectivity index (χ2v) is 5.22. The first-order chi connectivity index (χ1) is 9.10. The Morgan fingerprint density at radius 3 is 2.53 bits per heavy atom. The summed E-state index contributed by atoms with van der Waals surface area (Å²) >= 11 is 0. The van der Waals surface area contributed by atoms with Gasteiger partial charge in [0.1, 0.15) is 5.75 Å². The monoisotopic (exact) mass is 264 g/mol. The smallest absolute Gasteiger partial charge is 0.314 e.